The second-order valence-corrected chi connectivity index (χ2v) is 6.19. The third kappa shape index (κ3) is 1.73. The van der Waals surface area contributed by atoms with E-state index in [0.29, 0.717) is 12.8 Å². The van der Waals surface area contributed by atoms with Crippen molar-refractivity contribution in [3.8, 4) is 12.1 Å². The predicted molar refractivity (Wildman–Crippen MR) is 50.8 cm³/mol. The van der Waals surface area contributed by atoms with Crippen LogP contribution in [0.1, 0.15) is 26.2 Å². The first-order valence-electron chi connectivity index (χ1n) is 4.54. The van der Waals surface area contributed by atoms with E-state index in [1.54, 1.807) is 6.92 Å². The molecule has 0 amide bonds. The van der Waals surface area contributed by atoms with Gasteiger partial charge in [0.15, 0.2) is 9.84 Å². The summed E-state index contributed by atoms with van der Waals surface area (Å²) in [6.07, 6.45) is 0.997. The molecule has 0 aromatic carbocycles. The molecule has 1 atom stereocenters. The summed E-state index contributed by atoms with van der Waals surface area (Å²) in [7, 11) is -3.09. The van der Waals surface area contributed by atoms with Gasteiger partial charge in [0.25, 0.3) is 0 Å². The highest BCUT2D eigenvalue weighted by atomic mass is 32.2. The molecule has 1 aliphatic carbocycles. The van der Waals surface area contributed by atoms with Crippen LogP contribution in [0.5, 0.6) is 0 Å². The lowest BCUT2D eigenvalue weighted by atomic mass is 9.90. The van der Waals surface area contributed by atoms with Crippen molar-refractivity contribution in [1.82, 2.24) is 0 Å². The second kappa shape index (κ2) is 3.59. The second-order valence-electron chi connectivity index (χ2n) is 3.62. The lowest BCUT2D eigenvalue weighted by Gasteiger charge is -2.11. The topological polar surface area (TPSA) is 81.7 Å². The van der Waals surface area contributed by atoms with Gasteiger partial charge in [-0.3, -0.25) is 0 Å². The molecular weight excluding hydrogens is 200 g/mol. The molecule has 0 heterocycles. The van der Waals surface area contributed by atoms with Crippen LogP contribution < -0.4 is 0 Å². The van der Waals surface area contributed by atoms with Crippen LogP contribution in [-0.2, 0) is 9.84 Å². The Kier molecular flexibility index (Phi) is 2.82. The number of sulfone groups is 1. The zero-order chi connectivity index (χ0) is 10.8. The molecule has 0 aromatic heterocycles. The number of hydrogen-bond acceptors (Lipinski definition) is 4. The van der Waals surface area contributed by atoms with Gasteiger partial charge in [-0.15, -0.1) is 0 Å². The summed E-state index contributed by atoms with van der Waals surface area (Å²) in [5.41, 5.74) is -1.06. The van der Waals surface area contributed by atoms with Crippen molar-refractivity contribution >= 4 is 9.84 Å². The fraction of sp³-hybridized carbons (Fsp3) is 0.778. The highest BCUT2D eigenvalue weighted by molar-refractivity contribution is 7.92. The van der Waals surface area contributed by atoms with E-state index in [-0.39, 0.29) is 12.2 Å². The molecule has 0 aromatic rings. The summed E-state index contributed by atoms with van der Waals surface area (Å²) in [5.74, 6) is 0.0879. The average molecular weight is 212 g/mol. The molecule has 4 nitrogen and oxygen atoms in total. The maximum Gasteiger partial charge on any atom is 0.152 e. The Morgan fingerprint density at radius 3 is 2.36 bits per heavy atom. The molecule has 5 heteroatoms. The largest absolute Gasteiger partial charge is 0.229 e. The van der Waals surface area contributed by atoms with Gasteiger partial charge < -0.3 is 0 Å². The predicted octanol–water partition coefficient (Wildman–Crippen LogP) is 1.01. The van der Waals surface area contributed by atoms with Crippen molar-refractivity contribution < 1.29 is 8.42 Å². The third-order valence-electron chi connectivity index (χ3n) is 2.81. The SMILES string of the molecule is CCS(=O)(=O)[C@H]1CCC(C#N)(C#N)C1. The van der Waals surface area contributed by atoms with Crippen LogP contribution >= 0.6 is 0 Å². The standard InChI is InChI=1S/C9H12N2O2S/c1-2-14(12,13)8-3-4-9(5-8,6-10)7-11/h8H,2-5H2,1H3/t8-/m0/s1. The maximum absolute atomic E-state index is 11.5. The van der Waals surface area contributed by atoms with E-state index in [4.69, 9.17) is 10.5 Å². The Labute approximate surface area is 84.1 Å². The van der Waals surface area contributed by atoms with Crippen LogP contribution in [0.15, 0.2) is 0 Å². The first-order valence-corrected chi connectivity index (χ1v) is 6.25. The van der Waals surface area contributed by atoms with E-state index in [1.807, 2.05) is 12.1 Å². The molecule has 0 saturated heterocycles. The summed E-state index contributed by atoms with van der Waals surface area (Å²) in [4.78, 5) is 0. The molecule has 0 unspecified atom stereocenters. The first-order chi connectivity index (χ1) is 6.49. The molecule has 0 spiro atoms. The number of nitriles is 2. The summed E-state index contributed by atoms with van der Waals surface area (Å²) in [6, 6.07) is 3.86. The average Bonchev–Trinajstić information content (AvgIpc) is 2.63. The van der Waals surface area contributed by atoms with E-state index < -0.39 is 20.5 Å². The van der Waals surface area contributed by atoms with Gasteiger partial charge in [-0.05, 0) is 19.3 Å². The Hall–Kier alpha value is -1.07. The smallest absolute Gasteiger partial charge is 0.152 e. The van der Waals surface area contributed by atoms with Gasteiger partial charge in [0.2, 0.25) is 0 Å². The highest BCUT2D eigenvalue weighted by Gasteiger charge is 2.44. The summed E-state index contributed by atoms with van der Waals surface area (Å²) < 4.78 is 23.0. The third-order valence-corrected chi connectivity index (χ3v) is 5.03. The van der Waals surface area contributed by atoms with Gasteiger partial charge in [0.05, 0.1) is 17.4 Å². The molecule has 1 saturated carbocycles. The van der Waals surface area contributed by atoms with Gasteiger partial charge in [0.1, 0.15) is 5.41 Å². The van der Waals surface area contributed by atoms with E-state index >= 15 is 0 Å². The van der Waals surface area contributed by atoms with Crippen LogP contribution in [0.2, 0.25) is 0 Å². The zero-order valence-electron chi connectivity index (χ0n) is 8.02. The lowest BCUT2D eigenvalue weighted by Crippen LogP contribution is -2.22. The minimum Gasteiger partial charge on any atom is -0.229 e. The minimum atomic E-state index is -3.09. The van der Waals surface area contributed by atoms with Crippen molar-refractivity contribution in [3.05, 3.63) is 0 Å². The van der Waals surface area contributed by atoms with Crippen LogP contribution in [-0.4, -0.2) is 19.4 Å². The van der Waals surface area contributed by atoms with Crippen LogP contribution in [0.4, 0.5) is 0 Å². The molecule has 76 valence electrons. The van der Waals surface area contributed by atoms with Gasteiger partial charge in [-0.2, -0.15) is 10.5 Å². The number of rotatable bonds is 2. The maximum atomic E-state index is 11.5. The molecule has 0 bridgehead atoms. The first kappa shape index (κ1) is 11.0. The zero-order valence-corrected chi connectivity index (χ0v) is 8.84. The Morgan fingerprint density at radius 2 is 2.00 bits per heavy atom. The van der Waals surface area contributed by atoms with Crippen molar-refractivity contribution in [1.29, 1.82) is 10.5 Å². The molecule has 0 radical (unpaired) electrons. The van der Waals surface area contributed by atoms with E-state index in [9.17, 15) is 8.42 Å². The van der Waals surface area contributed by atoms with E-state index in [2.05, 4.69) is 0 Å². The van der Waals surface area contributed by atoms with Gasteiger partial charge in [-0.25, -0.2) is 8.42 Å². The van der Waals surface area contributed by atoms with Gasteiger partial charge in [-0.1, -0.05) is 6.92 Å². The Bertz CT molecular complexity index is 386. The Balaban J connectivity index is 2.88. The highest BCUT2D eigenvalue weighted by Crippen LogP contribution is 2.40. The minimum absolute atomic E-state index is 0.0879. The van der Waals surface area contributed by atoms with Gasteiger partial charge >= 0.3 is 0 Å². The molecular formula is C9H12N2O2S. The summed E-state index contributed by atoms with van der Waals surface area (Å²) >= 11 is 0. The molecule has 1 aliphatic rings. The molecule has 0 N–H and O–H groups in total. The van der Waals surface area contributed by atoms with Gasteiger partial charge in [0, 0.05) is 5.75 Å². The monoisotopic (exact) mass is 212 g/mol. The fourth-order valence-electron chi connectivity index (χ4n) is 1.77. The number of nitrogens with zero attached hydrogens (tertiary/aromatic N) is 2. The summed E-state index contributed by atoms with van der Waals surface area (Å²) in [5, 5.41) is 17.1. The van der Waals surface area contributed by atoms with Crippen molar-refractivity contribution in [2.75, 3.05) is 5.75 Å². The molecule has 1 rings (SSSR count). The van der Waals surface area contributed by atoms with Crippen molar-refractivity contribution in [2.24, 2.45) is 5.41 Å². The van der Waals surface area contributed by atoms with Crippen molar-refractivity contribution in [2.45, 2.75) is 31.4 Å². The van der Waals surface area contributed by atoms with Crippen LogP contribution in [0.25, 0.3) is 0 Å². The Morgan fingerprint density at radius 1 is 1.43 bits per heavy atom. The molecule has 14 heavy (non-hydrogen) atoms. The molecule has 1 fully saturated rings. The fourth-order valence-corrected chi connectivity index (χ4v) is 3.26. The van der Waals surface area contributed by atoms with Crippen molar-refractivity contribution in [3.63, 3.8) is 0 Å². The quantitative estimate of drug-likeness (QED) is 0.684. The lowest BCUT2D eigenvalue weighted by molar-refractivity contribution is 0.538. The number of hydrogen-bond donors (Lipinski definition) is 0. The normalized spacial score (nSPS) is 25.2. The summed E-state index contributed by atoms with van der Waals surface area (Å²) in [6.45, 7) is 1.59. The van der Waals surface area contributed by atoms with E-state index in [1.165, 1.54) is 0 Å². The molecule has 0 aliphatic heterocycles. The van der Waals surface area contributed by atoms with Crippen LogP contribution in [0, 0.1) is 28.1 Å². The van der Waals surface area contributed by atoms with E-state index in [0.717, 1.165) is 0 Å². The van der Waals surface area contributed by atoms with Crippen LogP contribution in [0.3, 0.4) is 0 Å².